The molecule has 1 aromatic heterocycles. The molecule has 3 rings (SSSR count). The van der Waals surface area contributed by atoms with Crippen LogP contribution >= 0.6 is 0 Å². The maximum atomic E-state index is 12.4. The van der Waals surface area contributed by atoms with Crippen LogP contribution in [-0.2, 0) is 4.79 Å². The maximum Gasteiger partial charge on any atom is 0.257 e. The number of likely N-dealkylation sites (tertiary alicyclic amines) is 1. The predicted octanol–water partition coefficient (Wildman–Crippen LogP) is 3.17. The van der Waals surface area contributed by atoms with Gasteiger partial charge in [0.25, 0.3) is 5.91 Å². The molecule has 1 aliphatic carbocycles. The summed E-state index contributed by atoms with van der Waals surface area (Å²) in [5, 5.41) is 0. The summed E-state index contributed by atoms with van der Waals surface area (Å²) in [7, 11) is 3.67. The first-order valence-electron chi connectivity index (χ1n) is 9.01. The van der Waals surface area contributed by atoms with Gasteiger partial charge >= 0.3 is 0 Å². The second-order valence-electron chi connectivity index (χ2n) is 7.74. The minimum absolute atomic E-state index is 0.0869. The van der Waals surface area contributed by atoms with Crippen LogP contribution in [0.3, 0.4) is 0 Å². The normalized spacial score (nSPS) is 21.0. The van der Waals surface area contributed by atoms with Crippen molar-refractivity contribution in [2.45, 2.75) is 44.9 Å². The summed E-state index contributed by atoms with van der Waals surface area (Å²) < 4.78 is 5.02. The molecule has 2 amide bonds. The average molecular weight is 332 g/mol. The lowest BCUT2D eigenvalue weighted by molar-refractivity contribution is -0.130. The highest BCUT2D eigenvalue weighted by Gasteiger charge is 2.39. The third-order valence-corrected chi connectivity index (χ3v) is 6.01. The van der Waals surface area contributed by atoms with Crippen molar-refractivity contribution in [2.75, 3.05) is 27.2 Å². The minimum Gasteiger partial charge on any atom is -0.472 e. The SMILES string of the molecule is CN(C)C(=O)CC1CCC2(CC1)CCN(C(=O)c1ccoc1)CC2. The first-order valence-corrected chi connectivity index (χ1v) is 9.01. The number of furan rings is 1. The Morgan fingerprint density at radius 3 is 2.42 bits per heavy atom. The number of carbonyl (C=O) groups excluding carboxylic acids is 2. The summed E-state index contributed by atoms with van der Waals surface area (Å²) in [5.74, 6) is 0.872. The van der Waals surface area contributed by atoms with Gasteiger partial charge in [-0.1, -0.05) is 0 Å². The fourth-order valence-electron chi connectivity index (χ4n) is 4.18. The van der Waals surface area contributed by atoms with Crippen molar-refractivity contribution < 1.29 is 14.0 Å². The van der Waals surface area contributed by atoms with Gasteiger partial charge in [-0.3, -0.25) is 9.59 Å². The van der Waals surface area contributed by atoms with Crippen LogP contribution in [0.5, 0.6) is 0 Å². The fraction of sp³-hybridized carbons (Fsp3) is 0.684. The third kappa shape index (κ3) is 3.65. The second kappa shape index (κ2) is 6.99. The van der Waals surface area contributed by atoms with Crippen LogP contribution in [0.1, 0.15) is 55.3 Å². The van der Waals surface area contributed by atoms with Gasteiger partial charge in [0.15, 0.2) is 0 Å². The zero-order valence-electron chi connectivity index (χ0n) is 14.8. The van der Waals surface area contributed by atoms with Gasteiger partial charge in [0.1, 0.15) is 6.26 Å². The zero-order chi connectivity index (χ0) is 17.2. The van der Waals surface area contributed by atoms with E-state index in [9.17, 15) is 9.59 Å². The summed E-state index contributed by atoms with van der Waals surface area (Å²) in [6.45, 7) is 1.68. The van der Waals surface area contributed by atoms with Gasteiger partial charge in [-0.2, -0.15) is 0 Å². The van der Waals surface area contributed by atoms with Crippen molar-refractivity contribution >= 4 is 11.8 Å². The van der Waals surface area contributed by atoms with Crippen molar-refractivity contribution in [2.24, 2.45) is 11.3 Å². The number of hydrogen-bond donors (Lipinski definition) is 0. The quantitative estimate of drug-likeness (QED) is 0.854. The molecule has 0 atom stereocenters. The van der Waals surface area contributed by atoms with Gasteiger partial charge in [0.05, 0.1) is 11.8 Å². The number of rotatable bonds is 3. The fourth-order valence-corrected chi connectivity index (χ4v) is 4.18. The third-order valence-electron chi connectivity index (χ3n) is 6.01. The number of nitrogens with zero attached hydrogens (tertiary/aromatic N) is 2. The summed E-state index contributed by atoms with van der Waals surface area (Å²) >= 11 is 0. The van der Waals surface area contributed by atoms with Crippen LogP contribution in [0.2, 0.25) is 0 Å². The van der Waals surface area contributed by atoms with Crippen molar-refractivity contribution in [3.05, 3.63) is 24.2 Å². The van der Waals surface area contributed by atoms with E-state index in [2.05, 4.69) is 0 Å². The smallest absolute Gasteiger partial charge is 0.257 e. The Hall–Kier alpha value is -1.78. The first-order chi connectivity index (χ1) is 11.5. The summed E-state index contributed by atoms with van der Waals surface area (Å²) in [6.07, 6.45) is 10.6. The van der Waals surface area contributed by atoms with Gasteiger partial charge in [-0.15, -0.1) is 0 Å². The molecular weight excluding hydrogens is 304 g/mol. The Morgan fingerprint density at radius 2 is 1.88 bits per heavy atom. The molecule has 0 N–H and O–H groups in total. The van der Waals surface area contributed by atoms with Crippen LogP contribution in [0.25, 0.3) is 0 Å². The van der Waals surface area contributed by atoms with Crippen molar-refractivity contribution in [1.82, 2.24) is 9.80 Å². The highest BCUT2D eigenvalue weighted by Crippen LogP contribution is 2.47. The molecule has 5 heteroatoms. The standard InChI is InChI=1S/C19H28N2O3/c1-20(2)17(22)13-15-3-6-19(7-4-15)8-10-21(11-9-19)18(23)16-5-12-24-14-16/h5,12,14-15H,3-4,6-11,13H2,1-2H3. The zero-order valence-corrected chi connectivity index (χ0v) is 14.8. The van der Waals surface area contributed by atoms with Crippen LogP contribution in [0, 0.1) is 11.3 Å². The van der Waals surface area contributed by atoms with E-state index in [-0.39, 0.29) is 11.8 Å². The van der Waals surface area contributed by atoms with Gasteiger partial charge in [0.2, 0.25) is 5.91 Å². The van der Waals surface area contributed by atoms with Crippen molar-refractivity contribution in [3.8, 4) is 0 Å². The summed E-state index contributed by atoms with van der Waals surface area (Å²) in [6, 6.07) is 1.74. The monoisotopic (exact) mass is 332 g/mol. The van der Waals surface area contributed by atoms with Crippen LogP contribution in [-0.4, -0.2) is 48.8 Å². The van der Waals surface area contributed by atoms with Crippen LogP contribution in [0.4, 0.5) is 0 Å². The van der Waals surface area contributed by atoms with E-state index < -0.39 is 0 Å². The van der Waals surface area contributed by atoms with Gasteiger partial charge in [-0.05, 0) is 55.9 Å². The number of hydrogen-bond acceptors (Lipinski definition) is 3. The molecule has 1 saturated heterocycles. The molecule has 1 aliphatic heterocycles. The Morgan fingerprint density at radius 1 is 1.21 bits per heavy atom. The van der Waals surface area contributed by atoms with Gasteiger partial charge in [-0.25, -0.2) is 0 Å². The van der Waals surface area contributed by atoms with E-state index in [1.807, 2.05) is 19.0 Å². The molecule has 0 radical (unpaired) electrons. The second-order valence-corrected chi connectivity index (χ2v) is 7.74. The largest absolute Gasteiger partial charge is 0.472 e. The van der Waals surface area contributed by atoms with Gasteiger partial charge in [0, 0.05) is 33.6 Å². The average Bonchev–Trinajstić information content (AvgIpc) is 3.12. The highest BCUT2D eigenvalue weighted by atomic mass is 16.3. The molecule has 0 unspecified atom stereocenters. The molecule has 0 aromatic carbocycles. The molecule has 2 fully saturated rings. The van der Waals surface area contributed by atoms with E-state index in [4.69, 9.17) is 4.42 Å². The predicted molar refractivity (Wildman–Crippen MR) is 91.5 cm³/mol. The van der Waals surface area contributed by atoms with Crippen LogP contribution in [0.15, 0.2) is 23.0 Å². The minimum atomic E-state index is 0.0869. The molecule has 2 heterocycles. The first kappa shape index (κ1) is 17.1. The van der Waals surface area contributed by atoms with E-state index in [0.717, 1.165) is 38.8 Å². The summed E-state index contributed by atoms with van der Waals surface area (Å²) in [4.78, 5) is 27.9. The number of amides is 2. The Kier molecular flexibility index (Phi) is 4.97. The van der Waals surface area contributed by atoms with E-state index in [1.54, 1.807) is 17.2 Å². The van der Waals surface area contributed by atoms with Crippen molar-refractivity contribution in [1.29, 1.82) is 0 Å². The lowest BCUT2D eigenvalue weighted by Crippen LogP contribution is -2.44. The summed E-state index contributed by atoms with van der Waals surface area (Å²) in [5.41, 5.74) is 1.04. The molecule has 5 nitrogen and oxygen atoms in total. The molecule has 1 saturated carbocycles. The molecule has 2 aliphatic rings. The number of piperidine rings is 1. The van der Waals surface area contributed by atoms with Crippen LogP contribution < -0.4 is 0 Å². The molecule has 1 spiro atoms. The lowest BCUT2D eigenvalue weighted by Gasteiger charge is -2.46. The topological polar surface area (TPSA) is 53.8 Å². The molecule has 24 heavy (non-hydrogen) atoms. The van der Waals surface area contributed by atoms with E-state index in [1.165, 1.54) is 19.1 Å². The Labute approximate surface area is 144 Å². The van der Waals surface area contributed by atoms with E-state index in [0.29, 0.717) is 23.3 Å². The Bertz CT molecular complexity index is 561. The van der Waals surface area contributed by atoms with Crippen molar-refractivity contribution in [3.63, 3.8) is 0 Å². The molecule has 1 aromatic rings. The molecule has 132 valence electrons. The molecular formula is C19H28N2O3. The van der Waals surface area contributed by atoms with E-state index >= 15 is 0 Å². The highest BCUT2D eigenvalue weighted by molar-refractivity contribution is 5.93. The maximum absolute atomic E-state index is 12.4. The Balaban J connectivity index is 1.48. The molecule has 0 bridgehead atoms. The number of carbonyl (C=O) groups is 2. The van der Waals surface area contributed by atoms with Gasteiger partial charge < -0.3 is 14.2 Å². The lowest BCUT2D eigenvalue weighted by atomic mass is 9.65.